The molecule has 0 spiro atoms. The maximum Gasteiger partial charge on any atom is 0.206 e. The van der Waals surface area contributed by atoms with E-state index in [2.05, 4.69) is 16.4 Å². The standard InChI is InChI=1S/C23H24N4O2S/c1-2-6-19(7-3-1)26-23-27(25-15-17-5-4-10-24-14-17)20(16-30-23)18-8-9-21-22(13-18)29-12-11-28-21/h4-5,8-10,13-16,19H,1-3,6-7,11-12H2/b25-15-,26-23?. The fourth-order valence-corrected chi connectivity index (χ4v) is 4.75. The summed E-state index contributed by atoms with van der Waals surface area (Å²) in [5, 5.41) is 6.91. The Morgan fingerprint density at radius 2 is 1.93 bits per heavy atom. The maximum absolute atomic E-state index is 5.78. The van der Waals surface area contributed by atoms with E-state index in [0.29, 0.717) is 19.3 Å². The first-order chi connectivity index (χ1) is 14.9. The fraction of sp³-hybridized carbons (Fsp3) is 0.348. The Morgan fingerprint density at radius 1 is 1.07 bits per heavy atom. The zero-order chi connectivity index (χ0) is 20.2. The second kappa shape index (κ2) is 8.83. The van der Waals surface area contributed by atoms with E-state index in [1.54, 1.807) is 23.7 Å². The Hall–Kier alpha value is -2.93. The Labute approximate surface area is 179 Å². The SMILES string of the molecule is C(=N/n1c(-c2ccc3c(c2)OCCO3)csc1=NC1CCCCC1)/c1cccnc1. The fourth-order valence-electron chi connectivity index (χ4n) is 3.84. The second-order valence-corrected chi connectivity index (χ2v) is 8.36. The predicted molar refractivity (Wildman–Crippen MR) is 118 cm³/mol. The molecule has 1 aliphatic heterocycles. The molecule has 2 aliphatic rings. The van der Waals surface area contributed by atoms with Crippen molar-refractivity contribution in [1.82, 2.24) is 9.66 Å². The highest BCUT2D eigenvalue weighted by atomic mass is 32.1. The molecule has 0 radical (unpaired) electrons. The molecule has 1 aromatic carbocycles. The number of rotatable bonds is 4. The first-order valence-electron chi connectivity index (χ1n) is 10.5. The van der Waals surface area contributed by atoms with Gasteiger partial charge in [0.05, 0.1) is 18.0 Å². The number of fused-ring (bicyclic) bond motifs is 1. The van der Waals surface area contributed by atoms with Gasteiger partial charge in [0.2, 0.25) is 4.80 Å². The first-order valence-corrected chi connectivity index (χ1v) is 11.3. The van der Waals surface area contributed by atoms with Gasteiger partial charge < -0.3 is 9.47 Å². The summed E-state index contributed by atoms with van der Waals surface area (Å²) in [7, 11) is 0. The van der Waals surface area contributed by atoms with Crippen molar-refractivity contribution in [3.8, 4) is 22.8 Å². The van der Waals surface area contributed by atoms with Gasteiger partial charge in [-0.05, 0) is 37.1 Å². The second-order valence-electron chi connectivity index (χ2n) is 7.53. The summed E-state index contributed by atoms with van der Waals surface area (Å²) >= 11 is 1.63. The molecule has 6 nitrogen and oxygen atoms in total. The quantitative estimate of drug-likeness (QED) is 0.584. The van der Waals surface area contributed by atoms with Crippen LogP contribution in [0, 0.1) is 0 Å². The Bertz CT molecular complexity index is 1100. The van der Waals surface area contributed by atoms with Crippen LogP contribution in [0.2, 0.25) is 0 Å². The number of benzene rings is 1. The van der Waals surface area contributed by atoms with Gasteiger partial charge in [-0.3, -0.25) is 9.98 Å². The third kappa shape index (κ3) is 4.16. The molecule has 2 aromatic heterocycles. The van der Waals surface area contributed by atoms with E-state index < -0.39 is 0 Å². The number of aromatic nitrogens is 2. The molecule has 7 heteroatoms. The van der Waals surface area contributed by atoms with E-state index in [4.69, 9.17) is 19.6 Å². The molecule has 0 amide bonds. The summed E-state index contributed by atoms with van der Waals surface area (Å²) in [5.74, 6) is 1.57. The van der Waals surface area contributed by atoms with Crippen LogP contribution < -0.4 is 14.3 Å². The number of thiazole rings is 1. The van der Waals surface area contributed by atoms with Crippen LogP contribution in [0.5, 0.6) is 11.5 Å². The van der Waals surface area contributed by atoms with E-state index >= 15 is 0 Å². The van der Waals surface area contributed by atoms with Crippen molar-refractivity contribution in [2.45, 2.75) is 38.1 Å². The van der Waals surface area contributed by atoms with E-state index in [0.717, 1.165) is 46.0 Å². The summed E-state index contributed by atoms with van der Waals surface area (Å²) < 4.78 is 13.4. The van der Waals surface area contributed by atoms with Gasteiger partial charge in [0.25, 0.3) is 0 Å². The minimum atomic E-state index is 0.380. The van der Waals surface area contributed by atoms with Gasteiger partial charge in [0.1, 0.15) is 13.2 Å². The number of hydrogen-bond acceptors (Lipinski definition) is 6. The summed E-state index contributed by atoms with van der Waals surface area (Å²) in [6.07, 6.45) is 11.5. The van der Waals surface area contributed by atoms with Crippen LogP contribution in [0.15, 0.2) is 58.2 Å². The average Bonchev–Trinajstić information content (AvgIpc) is 3.21. The summed E-state index contributed by atoms with van der Waals surface area (Å²) in [6.45, 7) is 1.16. The zero-order valence-electron chi connectivity index (χ0n) is 16.7. The molecule has 1 aliphatic carbocycles. The van der Waals surface area contributed by atoms with E-state index in [1.165, 1.54) is 19.3 Å². The monoisotopic (exact) mass is 420 g/mol. The lowest BCUT2D eigenvalue weighted by molar-refractivity contribution is 0.171. The minimum Gasteiger partial charge on any atom is -0.486 e. The predicted octanol–water partition coefficient (Wildman–Crippen LogP) is 4.50. The highest BCUT2D eigenvalue weighted by Crippen LogP contribution is 2.34. The van der Waals surface area contributed by atoms with Gasteiger partial charge >= 0.3 is 0 Å². The molecule has 0 atom stereocenters. The molecule has 3 aromatic rings. The third-order valence-electron chi connectivity index (χ3n) is 5.40. The summed E-state index contributed by atoms with van der Waals surface area (Å²) in [6, 6.07) is 10.3. The maximum atomic E-state index is 5.78. The van der Waals surface area contributed by atoms with Gasteiger partial charge in [-0.15, -0.1) is 11.3 Å². The van der Waals surface area contributed by atoms with Crippen LogP contribution in [-0.2, 0) is 0 Å². The Balaban J connectivity index is 1.56. The van der Waals surface area contributed by atoms with Gasteiger partial charge in [0, 0.05) is 28.9 Å². The largest absolute Gasteiger partial charge is 0.486 e. The van der Waals surface area contributed by atoms with E-state index in [9.17, 15) is 0 Å². The van der Waals surface area contributed by atoms with Crippen LogP contribution in [-0.4, -0.2) is 35.1 Å². The molecule has 30 heavy (non-hydrogen) atoms. The molecule has 5 rings (SSSR count). The molecular formula is C23H24N4O2S. The molecule has 1 fully saturated rings. The lowest BCUT2D eigenvalue weighted by Crippen LogP contribution is -2.19. The normalized spacial score (nSPS) is 17.5. The summed E-state index contributed by atoms with van der Waals surface area (Å²) in [4.78, 5) is 10.2. The highest BCUT2D eigenvalue weighted by molar-refractivity contribution is 7.07. The molecule has 154 valence electrons. The molecule has 3 heterocycles. The van der Waals surface area contributed by atoms with Gasteiger partial charge in [-0.1, -0.05) is 25.3 Å². The van der Waals surface area contributed by atoms with Crippen molar-refractivity contribution >= 4 is 17.6 Å². The van der Waals surface area contributed by atoms with Crippen molar-refractivity contribution in [3.63, 3.8) is 0 Å². The molecule has 1 saturated carbocycles. The van der Waals surface area contributed by atoms with Crippen molar-refractivity contribution in [3.05, 3.63) is 58.5 Å². The smallest absolute Gasteiger partial charge is 0.206 e. The van der Waals surface area contributed by atoms with Crippen molar-refractivity contribution in [2.24, 2.45) is 10.1 Å². The van der Waals surface area contributed by atoms with Crippen LogP contribution in [0.4, 0.5) is 0 Å². The van der Waals surface area contributed by atoms with Crippen molar-refractivity contribution < 1.29 is 9.47 Å². The molecule has 0 N–H and O–H groups in total. The molecule has 0 unspecified atom stereocenters. The topological polar surface area (TPSA) is 61.0 Å². The van der Waals surface area contributed by atoms with Crippen LogP contribution in [0.25, 0.3) is 11.3 Å². The summed E-state index contributed by atoms with van der Waals surface area (Å²) in [5.41, 5.74) is 2.98. The third-order valence-corrected chi connectivity index (χ3v) is 6.23. The number of ether oxygens (including phenoxy) is 2. The lowest BCUT2D eigenvalue weighted by atomic mass is 9.96. The molecule has 0 saturated heterocycles. The highest BCUT2D eigenvalue weighted by Gasteiger charge is 2.16. The first kappa shape index (κ1) is 19.1. The van der Waals surface area contributed by atoms with Crippen molar-refractivity contribution in [1.29, 1.82) is 0 Å². The van der Waals surface area contributed by atoms with Gasteiger partial charge in [-0.25, -0.2) is 4.68 Å². The zero-order valence-corrected chi connectivity index (χ0v) is 17.6. The number of pyridine rings is 1. The van der Waals surface area contributed by atoms with Gasteiger partial charge in [0.15, 0.2) is 11.5 Å². The van der Waals surface area contributed by atoms with E-state index in [1.807, 2.05) is 35.2 Å². The Morgan fingerprint density at radius 3 is 2.77 bits per heavy atom. The minimum absolute atomic E-state index is 0.380. The van der Waals surface area contributed by atoms with Gasteiger partial charge in [-0.2, -0.15) is 5.10 Å². The lowest BCUT2D eigenvalue weighted by Gasteiger charge is -2.19. The van der Waals surface area contributed by atoms with Crippen molar-refractivity contribution in [2.75, 3.05) is 13.2 Å². The Kier molecular flexibility index (Phi) is 5.61. The molecule has 0 bridgehead atoms. The van der Waals surface area contributed by atoms with E-state index in [-0.39, 0.29) is 0 Å². The number of hydrogen-bond donors (Lipinski definition) is 0. The van der Waals surface area contributed by atoms with Crippen LogP contribution >= 0.6 is 11.3 Å². The average molecular weight is 421 g/mol. The van der Waals surface area contributed by atoms with Crippen LogP contribution in [0.1, 0.15) is 37.7 Å². The van der Waals surface area contributed by atoms with Crippen LogP contribution in [0.3, 0.4) is 0 Å². The number of nitrogens with zero attached hydrogens (tertiary/aromatic N) is 4. The molecular weight excluding hydrogens is 396 g/mol.